The van der Waals surface area contributed by atoms with Gasteiger partial charge in [-0.15, -0.1) is 0 Å². The van der Waals surface area contributed by atoms with Gasteiger partial charge in [0, 0.05) is 12.5 Å². The smallest absolute Gasteiger partial charge is 0.307 e. The van der Waals surface area contributed by atoms with Crippen LogP contribution in [0.15, 0.2) is 0 Å². The van der Waals surface area contributed by atoms with E-state index in [0.29, 0.717) is 6.54 Å². The Balaban J connectivity index is 2.47. The van der Waals surface area contributed by atoms with Crippen molar-refractivity contribution in [2.24, 2.45) is 17.3 Å². The van der Waals surface area contributed by atoms with Crippen LogP contribution in [0.2, 0.25) is 0 Å². The van der Waals surface area contributed by atoms with Crippen LogP contribution < -0.4 is 5.32 Å². The van der Waals surface area contributed by atoms with Gasteiger partial charge in [-0.25, -0.2) is 0 Å². The molecule has 0 aromatic carbocycles. The number of carbonyl (C=O) groups excluding carboxylic acids is 1. The molecule has 0 spiro atoms. The van der Waals surface area contributed by atoms with Crippen molar-refractivity contribution >= 4 is 11.9 Å². The maximum Gasteiger partial charge on any atom is 0.307 e. The first-order valence-corrected chi connectivity index (χ1v) is 6.92. The van der Waals surface area contributed by atoms with Gasteiger partial charge in [-0.1, -0.05) is 33.6 Å². The minimum absolute atomic E-state index is 0.135. The number of hydrogen-bond acceptors (Lipinski definition) is 2. The van der Waals surface area contributed by atoms with E-state index in [2.05, 4.69) is 12.2 Å². The van der Waals surface area contributed by atoms with Crippen LogP contribution in [0.1, 0.15) is 52.9 Å². The van der Waals surface area contributed by atoms with Crippen LogP contribution in [0.4, 0.5) is 0 Å². The lowest BCUT2D eigenvalue weighted by Gasteiger charge is -2.28. The van der Waals surface area contributed by atoms with Crippen molar-refractivity contribution in [3.63, 3.8) is 0 Å². The molecule has 0 radical (unpaired) electrons. The standard InChI is InChI=1S/C14H25NO3/c1-4-14(7-5-6-8-14)9-15-12(16)10(2)11(3)13(17)18/h10-11H,4-9H2,1-3H3,(H,15,16)(H,17,18). The van der Waals surface area contributed by atoms with Crippen molar-refractivity contribution in [1.29, 1.82) is 0 Å². The molecule has 1 aliphatic carbocycles. The van der Waals surface area contributed by atoms with Crippen LogP contribution >= 0.6 is 0 Å². The van der Waals surface area contributed by atoms with Crippen molar-refractivity contribution in [3.05, 3.63) is 0 Å². The summed E-state index contributed by atoms with van der Waals surface area (Å²) in [6, 6.07) is 0. The van der Waals surface area contributed by atoms with Crippen molar-refractivity contribution in [2.45, 2.75) is 52.9 Å². The molecular weight excluding hydrogens is 230 g/mol. The number of carboxylic acids is 1. The van der Waals surface area contributed by atoms with Gasteiger partial charge in [-0.05, 0) is 24.7 Å². The highest BCUT2D eigenvalue weighted by Crippen LogP contribution is 2.40. The Hall–Kier alpha value is -1.06. The summed E-state index contributed by atoms with van der Waals surface area (Å²) in [6.45, 7) is 6.12. The fraction of sp³-hybridized carbons (Fsp3) is 0.857. The van der Waals surface area contributed by atoms with E-state index < -0.39 is 17.8 Å². The van der Waals surface area contributed by atoms with E-state index in [4.69, 9.17) is 5.11 Å². The van der Waals surface area contributed by atoms with Crippen molar-refractivity contribution < 1.29 is 14.7 Å². The fourth-order valence-corrected chi connectivity index (χ4v) is 2.66. The summed E-state index contributed by atoms with van der Waals surface area (Å²) in [6.07, 6.45) is 5.91. The summed E-state index contributed by atoms with van der Waals surface area (Å²) in [5.41, 5.74) is 0.252. The Morgan fingerprint density at radius 1 is 1.22 bits per heavy atom. The molecule has 1 rings (SSSR count). The first-order chi connectivity index (χ1) is 8.42. The van der Waals surface area contributed by atoms with E-state index in [1.54, 1.807) is 13.8 Å². The topological polar surface area (TPSA) is 66.4 Å². The van der Waals surface area contributed by atoms with Gasteiger partial charge >= 0.3 is 5.97 Å². The summed E-state index contributed by atoms with van der Waals surface area (Å²) >= 11 is 0. The number of nitrogens with one attached hydrogen (secondary N) is 1. The monoisotopic (exact) mass is 255 g/mol. The molecular formula is C14H25NO3. The molecule has 2 atom stereocenters. The minimum atomic E-state index is -0.913. The van der Waals surface area contributed by atoms with Crippen LogP contribution in [0.5, 0.6) is 0 Å². The maximum absolute atomic E-state index is 11.9. The van der Waals surface area contributed by atoms with Crippen LogP contribution in [-0.2, 0) is 9.59 Å². The Bertz CT molecular complexity index is 308. The Morgan fingerprint density at radius 3 is 2.22 bits per heavy atom. The molecule has 0 aliphatic heterocycles. The summed E-state index contributed by atoms with van der Waals surface area (Å²) in [5, 5.41) is 11.8. The van der Waals surface area contributed by atoms with Gasteiger partial charge in [0.25, 0.3) is 0 Å². The molecule has 4 nitrogen and oxygen atoms in total. The molecule has 0 bridgehead atoms. The molecule has 0 aromatic heterocycles. The predicted molar refractivity (Wildman–Crippen MR) is 70.2 cm³/mol. The Labute approximate surface area is 109 Å². The highest BCUT2D eigenvalue weighted by atomic mass is 16.4. The molecule has 1 amide bonds. The van der Waals surface area contributed by atoms with Gasteiger partial charge in [-0.2, -0.15) is 0 Å². The minimum Gasteiger partial charge on any atom is -0.481 e. The lowest BCUT2D eigenvalue weighted by atomic mass is 9.83. The predicted octanol–water partition coefficient (Wildman–Crippen LogP) is 2.43. The largest absolute Gasteiger partial charge is 0.481 e. The zero-order valence-electron chi connectivity index (χ0n) is 11.7. The first kappa shape index (κ1) is 15.0. The lowest BCUT2D eigenvalue weighted by Crippen LogP contribution is -2.40. The number of carboxylic acid groups (broad SMARTS) is 1. The molecule has 1 aliphatic rings. The van der Waals surface area contributed by atoms with Crippen LogP contribution in [0.3, 0.4) is 0 Å². The number of rotatable bonds is 6. The number of amides is 1. The van der Waals surface area contributed by atoms with E-state index >= 15 is 0 Å². The van der Waals surface area contributed by atoms with Gasteiger partial charge in [0.05, 0.1) is 5.92 Å². The second kappa shape index (κ2) is 6.21. The van der Waals surface area contributed by atoms with Crippen LogP contribution in [0.25, 0.3) is 0 Å². The molecule has 18 heavy (non-hydrogen) atoms. The summed E-state index contributed by atoms with van der Waals surface area (Å²) < 4.78 is 0. The molecule has 0 saturated heterocycles. The van der Waals surface area contributed by atoms with Crippen LogP contribution in [-0.4, -0.2) is 23.5 Å². The zero-order chi connectivity index (χ0) is 13.8. The summed E-state index contributed by atoms with van der Waals surface area (Å²) in [5.74, 6) is -2.16. The Morgan fingerprint density at radius 2 is 1.78 bits per heavy atom. The second-order valence-corrected chi connectivity index (χ2v) is 5.69. The third-order valence-electron chi connectivity index (χ3n) is 4.60. The quantitative estimate of drug-likeness (QED) is 0.766. The number of aliphatic carboxylic acids is 1. The third-order valence-corrected chi connectivity index (χ3v) is 4.60. The zero-order valence-corrected chi connectivity index (χ0v) is 11.7. The molecule has 0 heterocycles. The van der Waals surface area contributed by atoms with E-state index in [0.717, 1.165) is 6.42 Å². The van der Waals surface area contributed by atoms with Gasteiger partial charge in [0.15, 0.2) is 0 Å². The van der Waals surface area contributed by atoms with Gasteiger partial charge in [0.2, 0.25) is 5.91 Å². The molecule has 1 saturated carbocycles. The van der Waals surface area contributed by atoms with Gasteiger partial charge in [-0.3, -0.25) is 9.59 Å². The number of carbonyl (C=O) groups is 2. The lowest BCUT2D eigenvalue weighted by molar-refractivity contribution is -0.146. The SMILES string of the molecule is CCC1(CNC(=O)C(C)C(C)C(=O)O)CCCC1. The Kier molecular flexibility index (Phi) is 5.17. The molecule has 0 aromatic rings. The highest BCUT2D eigenvalue weighted by molar-refractivity contribution is 5.84. The molecule has 2 N–H and O–H groups in total. The molecule has 1 fully saturated rings. The van der Waals surface area contributed by atoms with Crippen molar-refractivity contribution in [1.82, 2.24) is 5.32 Å². The average molecular weight is 255 g/mol. The molecule has 2 unspecified atom stereocenters. The van der Waals surface area contributed by atoms with Gasteiger partial charge in [0.1, 0.15) is 0 Å². The molecule has 104 valence electrons. The average Bonchev–Trinajstić information content (AvgIpc) is 2.83. The van der Waals surface area contributed by atoms with E-state index in [1.807, 2.05) is 0 Å². The third kappa shape index (κ3) is 3.47. The van der Waals surface area contributed by atoms with Gasteiger partial charge < -0.3 is 10.4 Å². The summed E-state index contributed by atoms with van der Waals surface area (Å²) in [4.78, 5) is 22.8. The van der Waals surface area contributed by atoms with E-state index in [-0.39, 0.29) is 11.3 Å². The van der Waals surface area contributed by atoms with Crippen molar-refractivity contribution in [2.75, 3.05) is 6.54 Å². The first-order valence-electron chi connectivity index (χ1n) is 6.92. The summed E-state index contributed by atoms with van der Waals surface area (Å²) in [7, 11) is 0. The highest BCUT2D eigenvalue weighted by Gasteiger charge is 2.33. The van der Waals surface area contributed by atoms with E-state index in [9.17, 15) is 9.59 Å². The number of hydrogen-bond donors (Lipinski definition) is 2. The van der Waals surface area contributed by atoms with Crippen LogP contribution in [0, 0.1) is 17.3 Å². The second-order valence-electron chi connectivity index (χ2n) is 5.69. The van der Waals surface area contributed by atoms with Crippen molar-refractivity contribution in [3.8, 4) is 0 Å². The van der Waals surface area contributed by atoms with E-state index in [1.165, 1.54) is 25.7 Å². The fourth-order valence-electron chi connectivity index (χ4n) is 2.66. The molecule has 4 heteroatoms. The normalized spacial score (nSPS) is 21.3. The maximum atomic E-state index is 11.9.